The van der Waals surface area contributed by atoms with Crippen LogP contribution in [0, 0.1) is 12.8 Å². The van der Waals surface area contributed by atoms with Gasteiger partial charge in [0.1, 0.15) is 6.04 Å². The van der Waals surface area contributed by atoms with Crippen LogP contribution in [0.4, 0.5) is 0 Å². The maximum absolute atomic E-state index is 14.0. The van der Waals surface area contributed by atoms with Crippen LogP contribution in [0.1, 0.15) is 74.7 Å². The predicted molar refractivity (Wildman–Crippen MR) is 167 cm³/mol. The number of carbonyl (C=O) groups is 1. The van der Waals surface area contributed by atoms with E-state index in [4.69, 9.17) is 4.98 Å². The fraction of sp³-hybridized carbons (Fsp3) is 0.559. The van der Waals surface area contributed by atoms with Crippen molar-refractivity contribution in [2.45, 2.75) is 78.9 Å². The Morgan fingerprint density at radius 2 is 1.68 bits per heavy atom. The zero-order valence-corrected chi connectivity index (χ0v) is 26.1. The number of amides is 1. The molecule has 0 bridgehead atoms. The van der Waals surface area contributed by atoms with Crippen LogP contribution >= 0.6 is 0 Å². The van der Waals surface area contributed by atoms with Gasteiger partial charge in [0.2, 0.25) is 5.91 Å². The summed E-state index contributed by atoms with van der Waals surface area (Å²) in [4.78, 5) is 30.2. The number of rotatable bonds is 4. The van der Waals surface area contributed by atoms with E-state index in [0.29, 0.717) is 5.92 Å². The second kappa shape index (κ2) is 14.7. The molecule has 0 unspecified atom stereocenters. The third-order valence-electron chi connectivity index (χ3n) is 8.59. The number of imidazole rings is 1. The molecule has 7 nitrogen and oxygen atoms in total. The van der Waals surface area contributed by atoms with E-state index in [1.807, 2.05) is 47.1 Å². The number of piperidine rings is 1. The fourth-order valence-corrected chi connectivity index (χ4v) is 6.61. The normalized spacial score (nSPS) is 22.7. The van der Waals surface area contributed by atoms with Crippen molar-refractivity contribution in [1.82, 2.24) is 29.2 Å². The fourth-order valence-electron chi connectivity index (χ4n) is 6.61. The van der Waals surface area contributed by atoms with Gasteiger partial charge in [-0.2, -0.15) is 0 Å². The molecule has 7 heteroatoms. The van der Waals surface area contributed by atoms with Gasteiger partial charge in [-0.3, -0.25) is 19.6 Å². The van der Waals surface area contributed by atoms with Crippen molar-refractivity contribution in [1.29, 1.82) is 0 Å². The third kappa shape index (κ3) is 7.07. The van der Waals surface area contributed by atoms with E-state index in [2.05, 4.69) is 73.9 Å². The molecular formula is C34H50N6O. The number of likely N-dealkylation sites (N-methyl/N-ethyl adjacent to an activating group) is 1. The van der Waals surface area contributed by atoms with Gasteiger partial charge in [0.15, 0.2) is 0 Å². The van der Waals surface area contributed by atoms with Crippen LogP contribution in [-0.4, -0.2) is 81.0 Å². The highest BCUT2D eigenvalue weighted by Crippen LogP contribution is 2.36. The number of piperazine rings is 1. The summed E-state index contributed by atoms with van der Waals surface area (Å²) in [5.41, 5.74) is 6.30. The molecule has 41 heavy (non-hydrogen) atoms. The summed E-state index contributed by atoms with van der Waals surface area (Å²) >= 11 is 0. The smallest absolute Gasteiger partial charge is 0.241 e. The van der Waals surface area contributed by atoms with Crippen molar-refractivity contribution >= 4 is 5.91 Å². The van der Waals surface area contributed by atoms with Gasteiger partial charge < -0.3 is 9.47 Å². The average molecular weight is 559 g/mol. The van der Waals surface area contributed by atoms with Crippen LogP contribution in [0.25, 0.3) is 0 Å². The average Bonchev–Trinajstić information content (AvgIpc) is 3.35. The maximum Gasteiger partial charge on any atom is 0.241 e. The molecule has 0 saturated carbocycles. The molecule has 1 amide bonds. The highest BCUT2D eigenvalue weighted by molar-refractivity contribution is 5.82. The van der Waals surface area contributed by atoms with Gasteiger partial charge in [-0.1, -0.05) is 58.0 Å². The first-order valence-corrected chi connectivity index (χ1v) is 15.8. The lowest BCUT2D eigenvalue weighted by Crippen LogP contribution is -2.60. The molecule has 2 saturated heterocycles. The lowest BCUT2D eigenvalue weighted by molar-refractivity contribution is -0.141. The lowest BCUT2D eigenvalue weighted by Gasteiger charge is -2.45. The number of nitrogens with zero attached hydrogens (tertiary/aromatic N) is 6. The molecule has 0 N–H and O–H groups in total. The summed E-state index contributed by atoms with van der Waals surface area (Å²) in [6, 6.07) is 13.1. The summed E-state index contributed by atoms with van der Waals surface area (Å²) in [5, 5.41) is 0. The molecule has 2 fully saturated rings. The predicted octanol–water partition coefficient (Wildman–Crippen LogP) is 5.38. The van der Waals surface area contributed by atoms with Gasteiger partial charge in [0, 0.05) is 51.7 Å². The van der Waals surface area contributed by atoms with Crippen molar-refractivity contribution in [2.24, 2.45) is 5.92 Å². The minimum atomic E-state index is -0.134. The van der Waals surface area contributed by atoms with E-state index in [1.165, 1.54) is 16.7 Å². The molecule has 3 atom stereocenters. The van der Waals surface area contributed by atoms with Crippen LogP contribution in [0.5, 0.6) is 0 Å². The van der Waals surface area contributed by atoms with Gasteiger partial charge in [-0.05, 0) is 68.3 Å². The van der Waals surface area contributed by atoms with Gasteiger partial charge in [-0.15, -0.1) is 0 Å². The standard InChI is InChI=1S/C30H38N6O.2C2H6/c1-22-17-34(21-32-22)18-23-7-6-14-36(19-23)30(37)27-20-35(16-15-33(27)2)29-26-10-4-3-8-24(26)11-12-25-9-5-13-31-28(25)29;2*1-2/h3-5,8-10,13,17,21,23,27,29H,6-7,11-12,14-16,18-20H2,1-2H3;2*1-2H3/t23-,27+,29-;;/m0../s1. The van der Waals surface area contributed by atoms with Crippen LogP contribution in [-0.2, 0) is 24.2 Å². The Balaban J connectivity index is 0.000000929. The summed E-state index contributed by atoms with van der Waals surface area (Å²) in [5.74, 6) is 0.753. The van der Waals surface area contributed by atoms with Gasteiger partial charge >= 0.3 is 0 Å². The molecule has 3 aliphatic rings. The van der Waals surface area contributed by atoms with E-state index < -0.39 is 0 Å². The lowest BCUT2D eigenvalue weighted by atomic mass is 9.94. The summed E-state index contributed by atoms with van der Waals surface area (Å²) < 4.78 is 2.18. The molecule has 222 valence electrons. The molecule has 3 aromatic rings. The SMILES string of the molecule is CC.CC.Cc1cn(C[C@@H]2CCCN(C(=O)[C@H]3CN([C@H]4c5ccccc5CCc5cccnc54)CCN3C)C2)cn1. The number of hydrogen-bond donors (Lipinski definition) is 0. The maximum atomic E-state index is 14.0. The first-order chi connectivity index (χ1) is 20.1. The van der Waals surface area contributed by atoms with Crippen LogP contribution in [0.15, 0.2) is 55.1 Å². The number of aryl methyl sites for hydroxylation is 3. The Hall–Kier alpha value is -3.03. The second-order valence-corrected chi connectivity index (χ2v) is 11.1. The van der Waals surface area contributed by atoms with E-state index in [0.717, 1.165) is 76.3 Å². The first-order valence-electron chi connectivity index (χ1n) is 15.8. The molecule has 2 aromatic heterocycles. The van der Waals surface area contributed by atoms with Crippen molar-refractivity contribution in [2.75, 3.05) is 39.8 Å². The van der Waals surface area contributed by atoms with E-state index in [9.17, 15) is 4.79 Å². The Labute approximate surface area is 247 Å². The van der Waals surface area contributed by atoms with E-state index in [-0.39, 0.29) is 18.0 Å². The monoisotopic (exact) mass is 558 g/mol. The van der Waals surface area contributed by atoms with Crippen LogP contribution in [0.2, 0.25) is 0 Å². The Bertz CT molecular complexity index is 1210. The van der Waals surface area contributed by atoms with Crippen molar-refractivity contribution in [3.8, 4) is 0 Å². The topological polar surface area (TPSA) is 57.5 Å². The Kier molecular flexibility index (Phi) is 11.1. The summed E-state index contributed by atoms with van der Waals surface area (Å²) in [6.07, 6.45) is 10.2. The first kappa shape index (κ1) is 30.9. The Morgan fingerprint density at radius 1 is 0.927 bits per heavy atom. The quantitative estimate of drug-likeness (QED) is 0.430. The highest BCUT2D eigenvalue weighted by atomic mass is 16.2. The molecule has 4 heterocycles. The number of likely N-dealkylation sites (tertiary alicyclic amines) is 1. The number of fused-ring (bicyclic) bond motifs is 2. The number of hydrogen-bond acceptors (Lipinski definition) is 5. The van der Waals surface area contributed by atoms with Gasteiger partial charge in [0.05, 0.1) is 23.8 Å². The molecule has 1 aromatic carbocycles. The molecule has 2 aliphatic heterocycles. The number of aromatic nitrogens is 3. The minimum absolute atomic E-state index is 0.0949. The molecule has 6 rings (SSSR count). The van der Waals surface area contributed by atoms with Gasteiger partial charge in [-0.25, -0.2) is 4.98 Å². The molecular weight excluding hydrogens is 508 g/mol. The van der Waals surface area contributed by atoms with E-state index in [1.54, 1.807) is 0 Å². The minimum Gasteiger partial charge on any atom is -0.341 e. The van der Waals surface area contributed by atoms with Crippen LogP contribution in [0.3, 0.4) is 0 Å². The van der Waals surface area contributed by atoms with E-state index >= 15 is 0 Å². The van der Waals surface area contributed by atoms with Crippen molar-refractivity contribution in [3.05, 3.63) is 83.2 Å². The molecule has 1 aliphatic carbocycles. The van der Waals surface area contributed by atoms with Gasteiger partial charge in [0.25, 0.3) is 0 Å². The molecule has 0 spiro atoms. The number of pyridine rings is 1. The van der Waals surface area contributed by atoms with Crippen molar-refractivity contribution in [3.63, 3.8) is 0 Å². The summed E-state index contributed by atoms with van der Waals surface area (Å²) in [6.45, 7) is 15.2. The summed E-state index contributed by atoms with van der Waals surface area (Å²) in [7, 11) is 2.11. The third-order valence-corrected chi connectivity index (χ3v) is 8.59. The number of benzene rings is 1. The zero-order valence-electron chi connectivity index (χ0n) is 26.1. The largest absolute Gasteiger partial charge is 0.341 e. The zero-order chi connectivity index (χ0) is 29.4. The second-order valence-electron chi connectivity index (χ2n) is 11.1. The van der Waals surface area contributed by atoms with Crippen molar-refractivity contribution < 1.29 is 4.79 Å². The van der Waals surface area contributed by atoms with Crippen LogP contribution < -0.4 is 0 Å². The molecule has 0 radical (unpaired) electrons. The number of carbonyl (C=O) groups excluding carboxylic acids is 1. The highest BCUT2D eigenvalue weighted by Gasteiger charge is 2.39. The Morgan fingerprint density at radius 3 is 2.46 bits per heavy atom.